The molecule has 2 aliphatic rings. The highest BCUT2D eigenvalue weighted by atomic mass is 32.2. The average Bonchev–Trinajstić information content (AvgIpc) is 3.01. The second kappa shape index (κ2) is 7.23. The summed E-state index contributed by atoms with van der Waals surface area (Å²) in [6, 6.07) is 6.23. The van der Waals surface area contributed by atoms with Gasteiger partial charge in [-0.15, -0.1) is 0 Å². The van der Waals surface area contributed by atoms with Gasteiger partial charge < -0.3 is 4.90 Å². The molecule has 0 bridgehead atoms. The molecule has 0 aromatic heterocycles. The predicted molar refractivity (Wildman–Crippen MR) is 94.6 cm³/mol. The van der Waals surface area contributed by atoms with E-state index in [0.717, 1.165) is 44.2 Å². The number of hydrogen-bond donors (Lipinski definition) is 1. The molecule has 1 heterocycles. The van der Waals surface area contributed by atoms with E-state index in [2.05, 4.69) is 16.9 Å². The maximum absolute atomic E-state index is 13.0. The highest BCUT2D eigenvalue weighted by molar-refractivity contribution is 7.88. The number of sulfonamides is 1. The molecule has 1 aliphatic heterocycles. The van der Waals surface area contributed by atoms with Gasteiger partial charge in [-0.1, -0.05) is 6.07 Å². The molecule has 0 saturated carbocycles. The van der Waals surface area contributed by atoms with Gasteiger partial charge in [0.05, 0.1) is 6.26 Å². The fourth-order valence-corrected chi connectivity index (χ4v) is 4.34. The summed E-state index contributed by atoms with van der Waals surface area (Å²) in [5, 5.41) is 0. The fraction of sp³-hybridized carbons (Fsp3) is 0.611. The van der Waals surface area contributed by atoms with Crippen LogP contribution in [0.1, 0.15) is 53.6 Å². The van der Waals surface area contributed by atoms with E-state index in [1.165, 1.54) is 23.8 Å². The Kier molecular flexibility index (Phi) is 5.25. The first-order chi connectivity index (χ1) is 11.4. The molecule has 0 radical (unpaired) electrons. The molecule has 1 aromatic rings. The van der Waals surface area contributed by atoms with Crippen LogP contribution < -0.4 is 4.72 Å². The van der Waals surface area contributed by atoms with Crippen LogP contribution in [0.2, 0.25) is 0 Å². The lowest BCUT2D eigenvalue weighted by Gasteiger charge is -2.36. The van der Waals surface area contributed by atoms with Crippen LogP contribution in [0.25, 0.3) is 0 Å². The molecule has 1 fully saturated rings. The van der Waals surface area contributed by atoms with Gasteiger partial charge in [0.15, 0.2) is 0 Å². The van der Waals surface area contributed by atoms with Crippen molar-refractivity contribution >= 4 is 15.9 Å². The average molecular weight is 350 g/mol. The first-order valence-corrected chi connectivity index (χ1v) is 10.7. The van der Waals surface area contributed by atoms with Crippen LogP contribution in [-0.4, -0.2) is 44.6 Å². The Morgan fingerprint density at radius 2 is 2.00 bits per heavy atom. The maximum atomic E-state index is 13.0. The van der Waals surface area contributed by atoms with Gasteiger partial charge in [0.2, 0.25) is 10.0 Å². The number of carbonyl (C=O) groups is 1. The minimum absolute atomic E-state index is 0.0914. The van der Waals surface area contributed by atoms with Gasteiger partial charge in [0.1, 0.15) is 0 Å². The second-order valence-corrected chi connectivity index (χ2v) is 8.77. The molecule has 0 spiro atoms. The lowest BCUT2D eigenvalue weighted by molar-refractivity contribution is 0.0604. The summed E-state index contributed by atoms with van der Waals surface area (Å²) in [6.45, 7) is 1.15. The standard InChI is InChI=1S/C18H26N2O3S/c1-24(22,23)19-11-10-17-7-2-3-12-20(17)18(21)16-9-8-14-5-4-6-15(14)13-16/h8-9,13,17,19H,2-7,10-12H2,1H3. The third-order valence-electron chi connectivity index (χ3n) is 5.08. The molecule has 132 valence electrons. The minimum Gasteiger partial charge on any atom is -0.336 e. The van der Waals surface area contributed by atoms with Gasteiger partial charge in [-0.25, -0.2) is 13.1 Å². The Morgan fingerprint density at radius 1 is 1.21 bits per heavy atom. The maximum Gasteiger partial charge on any atom is 0.254 e. The van der Waals surface area contributed by atoms with E-state index < -0.39 is 10.0 Å². The number of nitrogens with zero attached hydrogens (tertiary/aromatic N) is 1. The Bertz CT molecular complexity index is 715. The molecule has 1 atom stereocenters. The number of carbonyl (C=O) groups excluding carboxylic acids is 1. The Hall–Kier alpha value is -1.40. The predicted octanol–water partition coefficient (Wildman–Crippen LogP) is 2.11. The van der Waals surface area contributed by atoms with Crippen LogP contribution in [0.15, 0.2) is 18.2 Å². The zero-order valence-corrected chi connectivity index (χ0v) is 15.1. The Morgan fingerprint density at radius 3 is 2.79 bits per heavy atom. The van der Waals surface area contributed by atoms with E-state index >= 15 is 0 Å². The molecule has 6 heteroatoms. The number of benzene rings is 1. The van der Waals surface area contributed by atoms with Gasteiger partial charge in [0.25, 0.3) is 5.91 Å². The summed E-state index contributed by atoms with van der Waals surface area (Å²) >= 11 is 0. The number of nitrogens with one attached hydrogen (secondary N) is 1. The smallest absolute Gasteiger partial charge is 0.254 e. The van der Waals surface area contributed by atoms with Crippen molar-refractivity contribution in [3.05, 3.63) is 34.9 Å². The monoisotopic (exact) mass is 350 g/mol. The van der Waals surface area contributed by atoms with E-state index in [4.69, 9.17) is 0 Å². The summed E-state index contributed by atoms with van der Waals surface area (Å²) in [7, 11) is -3.18. The highest BCUT2D eigenvalue weighted by Crippen LogP contribution is 2.26. The van der Waals surface area contributed by atoms with Crippen molar-refractivity contribution in [1.82, 2.24) is 9.62 Å². The highest BCUT2D eigenvalue weighted by Gasteiger charge is 2.28. The van der Waals surface area contributed by atoms with E-state index in [0.29, 0.717) is 13.0 Å². The van der Waals surface area contributed by atoms with E-state index in [-0.39, 0.29) is 11.9 Å². The molecule has 1 amide bonds. The molecular formula is C18H26N2O3S. The molecule has 1 aromatic carbocycles. The summed E-state index contributed by atoms with van der Waals surface area (Å²) in [5.41, 5.74) is 3.46. The van der Waals surface area contributed by atoms with Crippen LogP contribution in [0.3, 0.4) is 0 Å². The van der Waals surface area contributed by atoms with Crippen LogP contribution in [0.4, 0.5) is 0 Å². The normalized spacial score (nSPS) is 20.9. The molecule has 5 nitrogen and oxygen atoms in total. The van der Waals surface area contributed by atoms with E-state index in [1.807, 2.05) is 11.0 Å². The Balaban J connectivity index is 1.69. The second-order valence-electron chi connectivity index (χ2n) is 6.94. The van der Waals surface area contributed by atoms with Crippen molar-refractivity contribution in [3.63, 3.8) is 0 Å². The van der Waals surface area contributed by atoms with Gasteiger partial charge in [-0.05, 0) is 68.2 Å². The van der Waals surface area contributed by atoms with Crippen LogP contribution in [0, 0.1) is 0 Å². The number of amides is 1. The molecule has 24 heavy (non-hydrogen) atoms. The van der Waals surface area contributed by atoms with Crippen LogP contribution in [0.5, 0.6) is 0 Å². The Labute approximate surface area is 144 Å². The molecular weight excluding hydrogens is 324 g/mol. The van der Waals surface area contributed by atoms with Crippen LogP contribution >= 0.6 is 0 Å². The molecule has 1 aliphatic carbocycles. The van der Waals surface area contributed by atoms with Crippen molar-refractivity contribution in [2.75, 3.05) is 19.3 Å². The van der Waals surface area contributed by atoms with Crippen molar-refractivity contribution in [3.8, 4) is 0 Å². The molecule has 3 rings (SSSR count). The number of aryl methyl sites for hydroxylation is 2. The summed E-state index contributed by atoms with van der Waals surface area (Å²) in [6.07, 6.45) is 8.26. The third-order valence-corrected chi connectivity index (χ3v) is 5.80. The number of fused-ring (bicyclic) bond motifs is 1. The summed E-state index contributed by atoms with van der Waals surface area (Å²) < 4.78 is 25.0. The summed E-state index contributed by atoms with van der Waals surface area (Å²) in [4.78, 5) is 14.9. The summed E-state index contributed by atoms with van der Waals surface area (Å²) in [5.74, 6) is 0.0914. The lowest BCUT2D eigenvalue weighted by atomic mass is 9.97. The largest absolute Gasteiger partial charge is 0.336 e. The topological polar surface area (TPSA) is 66.5 Å². The fourth-order valence-electron chi connectivity index (χ4n) is 3.85. The van der Waals surface area contributed by atoms with E-state index in [1.54, 1.807) is 0 Å². The SMILES string of the molecule is CS(=O)(=O)NCCC1CCCCN1C(=O)c1ccc2c(c1)CCC2. The van der Waals surface area contributed by atoms with Crippen molar-refractivity contribution in [2.24, 2.45) is 0 Å². The van der Waals surface area contributed by atoms with E-state index in [9.17, 15) is 13.2 Å². The van der Waals surface area contributed by atoms with Gasteiger partial charge in [-0.3, -0.25) is 4.79 Å². The van der Waals surface area contributed by atoms with Gasteiger partial charge in [-0.2, -0.15) is 0 Å². The molecule has 1 unspecified atom stereocenters. The molecule has 1 N–H and O–H groups in total. The first-order valence-electron chi connectivity index (χ1n) is 8.81. The quantitative estimate of drug-likeness (QED) is 0.884. The minimum atomic E-state index is -3.18. The number of rotatable bonds is 5. The van der Waals surface area contributed by atoms with Gasteiger partial charge in [0, 0.05) is 24.7 Å². The van der Waals surface area contributed by atoms with Gasteiger partial charge >= 0.3 is 0 Å². The third kappa shape index (κ3) is 4.16. The molecule has 1 saturated heterocycles. The van der Waals surface area contributed by atoms with Crippen molar-refractivity contribution in [1.29, 1.82) is 0 Å². The lowest BCUT2D eigenvalue weighted by Crippen LogP contribution is -2.45. The van der Waals surface area contributed by atoms with Crippen LogP contribution in [-0.2, 0) is 22.9 Å². The number of hydrogen-bond acceptors (Lipinski definition) is 3. The van der Waals surface area contributed by atoms with Crippen molar-refractivity contribution in [2.45, 2.75) is 51.0 Å². The number of likely N-dealkylation sites (tertiary alicyclic amines) is 1. The first kappa shape index (κ1) is 17.4. The van der Waals surface area contributed by atoms with Crippen molar-refractivity contribution < 1.29 is 13.2 Å². The zero-order valence-electron chi connectivity index (χ0n) is 14.3. The number of piperidine rings is 1. The zero-order chi connectivity index (χ0) is 17.2.